The largest absolute Gasteiger partial charge is 0.477 e. The van der Waals surface area contributed by atoms with Gasteiger partial charge in [-0.1, -0.05) is 0 Å². The zero-order valence-corrected chi connectivity index (χ0v) is 13.3. The van der Waals surface area contributed by atoms with E-state index in [-0.39, 0.29) is 28.6 Å². The zero-order valence-electron chi connectivity index (χ0n) is 13.3. The second kappa shape index (κ2) is 6.98. The van der Waals surface area contributed by atoms with Gasteiger partial charge in [0.1, 0.15) is 23.1 Å². The van der Waals surface area contributed by atoms with Crippen LogP contribution in [0.1, 0.15) is 10.5 Å². The number of benzene rings is 2. The number of rotatable bonds is 5. The number of anilines is 2. The number of carboxylic acid groups (broad SMARTS) is 1. The van der Waals surface area contributed by atoms with Gasteiger partial charge < -0.3 is 26.0 Å². The molecule has 132 valence electrons. The Hall–Kier alpha value is -3.81. The highest BCUT2D eigenvalue weighted by molar-refractivity contribution is 5.85. The van der Waals surface area contributed by atoms with Crippen molar-refractivity contribution in [2.45, 2.75) is 0 Å². The molecule has 0 unspecified atom stereocenters. The molecule has 0 saturated carbocycles. The van der Waals surface area contributed by atoms with E-state index in [0.29, 0.717) is 11.4 Å². The lowest BCUT2D eigenvalue weighted by atomic mass is 10.2. The van der Waals surface area contributed by atoms with Crippen LogP contribution in [0.15, 0.2) is 54.7 Å². The van der Waals surface area contributed by atoms with Gasteiger partial charge in [-0.25, -0.2) is 14.2 Å². The van der Waals surface area contributed by atoms with Gasteiger partial charge in [-0.2, -0.15) is 0 Å². The Morgan fingerprint density at radius 2 is 1.58 bits per heavy atom. The normalized spacial score (nSPS) is 10.3. The molecule has 0 aliphatic heterocycles. The first-order valence-corrected chi connectivity index (χ1v) is 7.42. The minimum atomic E-state index is -1.16. The van der Waals surface area contributed by atoms with E-state index in [1.54, 1.807) is 12.1 Å². The van der Waals surface area contributed by atoms with Crippen LogP contribution in [-0.4, -0.2) is 16.1 Å². The van der Waals surface area contributed by atoms with Crippen molar-refractivity contribution in [2.75, 3.05) is 11.5 Å². The lowest BCUT2D eigenvalue weighted by Gasteiger charge is -2.12. The molecule has 3 rings (SSSR count). The quantitative estimate of drug-likeness (QED) is 0.597. The highest BCUT2D eigenvalue weighted by Crippen LogP contribution is 2.34. The minimum Gasteiger partial charge on any atom is -0.477 e. The Kier molecular flexibility index (Phi) is 4.57. The molecule has 0 spiro atoms. The van der Waals surface area contributed by atoms with Gasteiger partial charge in [0.2, 0.25) is 0 Å². The second-order valence-corrected chi connectivity index (χ2v) is 5.27. The van der Waals surface area contributed by atoms with Crippen LogP contribution in [0.4, 0.5) is 15.8 Å². The number of aromatic carboxylic acids is 1. The van der Waals surface area contributed by atoms with Crippen LogP contribution >= 0.6 is 0 Å². The SMILES string of the molecule is Nc1ccc(Oc2cc(Oc3ccnc(C(=O)O)c3)ccc2N)cc1F. The third kappa shape index (κ3) is 3.81. The summed E-state index contributed by atoms with van der Waals surface area (Å²) in [6, 6.07) is 11.5. The fourth-order valence-electron chi connectivity index (χ4n) is 2.09. The number of aromatic nitrogens is 1. The van der Waals surface area contributed by atoms with Crippen molar-refractivity contribution in [1.82, 2.24) is 4.98 Å². The van der Waals surface area contributed by atoms with Crippen molar-refractivity contribution >= 4 is 17.3 Å². The van der Waals surface area contributed by atoms with Crippen LogP contribution in [0.25, 0.3) is 0 Å². The molecule has 8 heteroatoms. The first-order chi connectivity index (χ1) is 12.4. The lowest BCUT2D eigenvalue weighted by Crippen LogP contribution is -2.00. The Morgan fingerprint density at radius 1 is 0.923 bits per heavy atom. The van der Waals surface area contributed by atoms with Gasteiger partial charge in [-0.15, -0.1) is 0 Å². The number of hydrogen-bond donors (Lipinski definition) is 3. The Morgan fingerprint density at radius 3 is 2.27 bits per heavy atom. The number of pyridine rings is 1. The summed E-state index contributed by atoms with van der Waals surface area (Å²) in [4.78, 5) is 14.7. The van der Waals surface area contributed by atoms with Gasteiger partial charge in [0, 0.05) is 24.4 Å². The molecule has 0 saturated heterocycles. The number of halogens is 1. The number of carboxylic acids is 1. The van der Waals surface area contributed by atoms with Gasteiger partial charge in [0.15, 0.2) is 11.4 Å². The van der Waals surface area contributed by atoms with Crippen molar-refractivity contribution in [1.29, 1.82) is 0 Å². The van der Waals surface area contributed by atoms with Crippen molar-refractivity contribution in [2.24, 2.45) is 0 Å². The summed E-state index contributed by atoms with van der Waals surface area (Å²) < 4.78 is 24.7. The van der Waals surface area contributed by atoms with Crippen LogP contribution in [0.3, 0.4) is 0 Å². The number of nitrogens with two attached hydrogens (primary N) is 2. The molecule has 0 bridgehead atoms. The summed E-state index contributed by atoms with van der Waals surface area (Å²) in [5.74, 6) is -0.662. The van der Waals surface area contributed by atoms with Gasteiger partial charge >= 0.3 is 5.97 Å². The lowest BCUT2D eigenvalue weighted by molar-refractivity contribution is 0.0690. The molecule has 0 aliphatic carbocycles. The molecule has 2 aromatic carbocycles. The van der Waals surface area contributed by atoms with Gasteiger partial charge in [-0.05, 0) is 30.3 Å². The molecular formula is C18H14FN3O4. The topological polar surface area (TPSA) is 121 Å². The van der Waals surface area contributed by atoms with Crippen molar-refractivity contribution in [3.05, 3.63) is 66.2 Å². The van der Waals surface area contributed by atoms with E-state index in [1.165, 1.54) is 36.5 Å². The molecule has 0 fully saturated rings. The summed E-state index contributed by atoms with van der Waals surface area (Å²) in [5, 5.41) is 8.97. The van der Waals surface area contributed by atoms with Crippen LogP contribution in [0.5, 0.6) is 23.0 Å². The summed E-state index contributed by atoms with van der Waals surface area (Å²) >= 11 is 0. The Balaban J connectivity index is 1.84. The summed E-state index contributed by atoms with van der Waals surface area (Å²) in [7, 11) is 0. The maximum absolute atomic E-state index is 13.5. The summed E-state index contributed by atoms with van der Waals surface area (Å²) in [5.41, 5.74) is 11.5. The Bertz CT molecular complexity index is 978. The molecular weight excluding hydrogens is 341 g/mol. The summed E-state index contributed by atoms with van der Waals surface area (Å²) in [6.45, 7) is 0. The number of hydrogen-bond acceptors (Lipinski definition) is 6. The number of nitrogens with zero attached hydrogens (tertiary/aromatic N) is 1. The zero-order chi connectivity index (χ0) is 18.7. The van der Waals surface area contributed by atoms with Crippen molar-refractivity contribution < 1.29 is 23.8 Å². The van der Waals surface area contributed by atoms with Gasteiger partial charge in [0.25, 0.3) is 0 Å². The van der Waals surface area contributed by atoms with Crippen LogP contribution in [0.2, 0.25) is 0 Å². The Labute approximate surface area is 147 Å². The molecule has 1 aromatic heterocycles. The van der Waals surface area contributed by atoms with Crippen LogP contribution < -0.4 is 20.9 Å². The number of nitrogen functional groups attached to an aromatic ring is 2. The molecule has 26 heavy (non-hydrogen) atoms. The van der Waals surface area contributed by atoms with E-state index in [9.17, 15) is 9.18 Å². The van der Waals surface area contributed by atoms with E-state index in [2.05, 4.69) is 4.98 Å². The van der Waals surface area contributed by atoms with E-state index < -0.39 is 11.8 Å². The standard InChI is InChI=1S/C18H14FN3O4/c19-13-7-10(1-3-14(13)20)26-17-9-11(2-4-15(17)21)25-12-5-6-22-16(8-12)18(23)24/h1-9H,20-21H2,(H,23,24). The molecule has 0 amide bonds. The second-order valence-electron chi connectivity index (χ2n) is 5.27. The van der Waals surface area contributed by atoms with Crippen molar-refractivity contribution in [3.63, 3.8) is 0 Å². The third-order valence-corrected chi connectivity index (χ3v) is 3.37. The molecule has 0 aliphatic rings. The van der Waals surface area contributed by atoms with Crippen LogP contribution in [-0.2, 0) is 0 Å². The van der Waals surface area contributed by atoms with Crippen molar-refractivity contribution in [3.8, 4) is 23.0 Å². The monoisotopic (exact) mass is 355 g/mol. The predicted octanol–water partition coefficient (Wildman–Crippen LogP) is 3.67. The van der Waals surface area contributed by atoms with Crippen LogP contribution in [0, 0.1) is 5.82 Å². The molecule has 0 atom stereocenters. The maximum Gasteiger partial charge on any atom is 0.354 e. The third-order valence-electron chi connectivity index (χ3n) is 3.37. The van der Waals surface area contributed by atoms with E-state index in [1.807, 2.05) is 0 Å². The highest BCUT2D eigenvalue weighted by Gasteiger charge is 2.10. The fraction of sp³-hybridized carbons (Fsp3) is 0. The fourth-order valence-corrected chi connectivity index (χ4v) is 2.09. The predicted molar refractivity (Wildman–Crippen MR) is 93.0 cm³/mol. The number of carbonyl (C=O) groups is 1. The molecule has 3 aromatic rings. The first-order valence-electron chi connectivity index (χ1n) is 7.42. The van der Waals surface area contributed by atoms with E-state index in [4.69, 9.17) is 26.0 Å². The first kappa shape index (κ1) is 17.0. The minimum absolute atomic E-state index is 0.00864. The van der Waals surface area contributed by atoms with E-state index >= 15 is 0 Å². The average Bonchev–Trinajstić information content (AvgIpc) is 2.61. The molecule has 1 heterocycles. The average molecular weight is 355 g/mol. The molecule has 0 radical (unpaired) electrons. The van der Waals surface area contributed by atoms with Gasteiger partial charge in [-0.3, -0.25) is 0 Å². The van der Waals surface area contributed by atoms with Gasteiger partial charge in [0.05, 0.1) is 11.4 Å². The van der Waals surface area contributed by atoms with E-state index in [0.717, 1.165) is 6.07 Å². The number of ether oxygens (including phenoxy) is 2. The highest BCUT2D eigenvalue weighted by atomic mass is 19.1. The molecule has 5 N–H and O–H groups in total. The maximum atomic E-state index is 13.5. The summed E-state index contributed by atoms with van der Waals surface area (Å²) in [6.07, 6.45) is 1.32. The molecule has 7 nitrogen and oxygen atoms in total. The smallest absolute Gasteiger partial charge is 0.354 e.